The first-order valence-corrected chi connectivity index (χ1v) is 4.39. The molecule has 0 aliphatic rings. The molecule has 3 heteroatoms. The topological polar surface area (TPSA) is 66.5 Å². The molecule has 3 nitrogen and oxygen atoms in total. The molecule has 0 aromatic heterocycles. The highest BCUT2D eigenvalue weighted by molar-refractivity contribution is 5.36. The molecule has 0 saturated heterocycles. The van der Waals surface area contributed by atoms with Crippen LogP contribution in [-0.2, 0) is 6.42 Å². The van der Waals surface area contributed by atoms with Gasteiger partial charge in [0.05, 0.1) is 6.10 Å². The number of hydrogen-bond acceptors (Lipinski definition) is 3. The first-order valence-electron chi connectivity index (χ1n) is 4.39. The smallest absolute Gasteiger partial charge is 0.118 e. The third kappa shape index (κ3) is 2.20. The first kappa shape index (κ1) is 10.0. The molecule has 0 aliphatic carbocycles. The predicted octanol–water partition coefficient (Wildman–Crippen LogP) is 0.947. The lowest BCUT2D eigenvalue weighted by atomic mass is 10.0. The second kappa shape index (κ2) is 4.25. The minimum Gasteiger partial charge on any atom is -0.508 e. The van der Waals surface area contributed by atoms with Crippen LogP contribution in [0.3, 0.4) is 0 Å². The van der Waals surface area contributed by atoms with Gasteiger partial charge in [0.25, 0.3) is 0 Å². The molecule has 1 atom stereocenters. The van der Waals surface area contributed by atoms with Crippen molar-refractivity contribution in [2.24, 2.45) is 5.73 Å². The molecule has 0 amide bonds. The molecule has 72 valence electrons. The average molecular weight is 181 g/mol. The molecule has 1 unspecified atom stereocenters. The van der Waals surface area contributed by atoms with Gasteiger partial charge in [0.15, 0.2) is 0 Å². The Morgan fingerprint density at radius 1 is 1.46 bits per heavy atom. The number of aliphatic hydroxyl groups is 1. The van der Waals surface area contributed by atoms with E-state index in [9.17, 15) is 10.2 Å². The number of rotatable bonds is 3. The molecule has 0 fully saturated rings. The summed E-state index contributed by atoms with van der Waals surface area (Å²) in [7, 11) is 0. The fourth-order valence-electron chi connectivity index (χ4n) is 1.23. The number of aryl methyl sites for hydroxylation is 1. The van der Waals surface area contributed by atoms with Gasteiger partial charge in [-0.15, -0.1) is 0 Å². The van der Waals surface area contributed by atoms with Crippen LogP contribution in [-0.4, -0.2) is 16.8 Å². The quantitative estimate of drug-likeness (QED) is 0.650. The lowest BCUT2D eigenvalue weighted by molar-refractivity contribution is 0.186. The fourth-order valence-corrected chi connectivity index (χ4v) is 1.23. The summed E-state index contributed by atoms with van der Waals surface area (Å²) in [5.41, 5.74) is 6.92. The van der Waals surface area contributed by atoms with Gasteiger partial charge in [0, 0.05) is 6.54 Å². The zero-order chi connectivity index (χ0) is 9.84. The monoisotopic (exact) mass is 181 g/mol. The summed E-state index contributed by atoms with van der Waals surface area (Å²) < 4.78 is 0. The SMILES string of the molecule is CCc1cc(C(O)CN)ccc1O. The lowest BCUT2D eigenvalue weighted by Crippen LogP contribution is -2.11. The van der Waals surface area contributed by atoms with E-state index in [1.807, 2.05) is 6.92 Å². The number of aliphatic hydroxyl groups excluding tert-OH is 1. The maximum absolute atomic E-state index is 9.43. The summed E-state index contributed by atoms with van der Waals surface area (Å²) in [6.45, 7) is 2.15. The summed E-state index contributed by atoms with van der Waals surface area (Å²) in [6.07, 6.45) is 0.114. The van der Waals surface area contributed by atoms with Crippen LogP contribution in [0.1, 0.15) is 24.2 Å². The Labute approximate surface area is 77.8 Å². The van der Waals surface area contributed by atoms with Crippen LogP contribution in [0, 0.1) is 0 Å². The van der Waals surface area contributed by atoms with Crippen molar-refractivity contribution in [3.63, 3.8) is 0 Å². The van der Waals surface area contributed by atoms with E-state index < -0.39 is 6.10 Å². The maximum atomic E-state index is 9.43. The molecule has 1 aromatic rings. The van der Waals surface area contributed by atoms with Gasteiger partial charge in [0.2, 0.25) is 0 Å². The number of aromatic hydroxyl groups is 1. The third-order valence-electron chi connectivity index (χ3n) is 2.09. The van der Waals surface area contributed by atoms with Crippen LogP contribution < -0.4 is 5.73 Å². The van der Waals surface area contributed by atoms with Crippen molar-refractivity contribution in [3.05, 3.63) is 29.3 Å². The molecule has 0 radical (unpaired) electrons. The normalized spacial score (nSPS) is 12.8. The second-order valence-electron chi connectivity index (χ2n) is 2.99. The zero-order valence-electron chi connectivity index (χ0n) is 7.70. The van der Waals surface area contributed by atoms with Crippen molar-refractivity contribution in [1.29, 1.82) is 0 Å². The fraction of sp³-hybridized carbons (Fsp3) is 0.400. The Hall–Kier alpha value is -1.06. The highest BCUT2D eigenvalue weighted by Crippen LogP contribution is 2.22. The van der Waals surface area contributed by atoms with Crippen LogP contribution in [0.25, 0.3) is 0 Å². The van der Waals surface area contributed by atoms with Crippen LogP contribution >= 0.6 is 0 Å². The van der Waals surface area contributed by atoms with Crippen molar-refractivity contribution in [2.45, 2.75) is 19.4 Å². The van der Waals surface area contributed by atoms with Crippen molar-refractivity contribution in [3.8, 4) is 5.75 Å². The van der Waals surface area contributed by atoms with E-state index in [0.717, 1.165) is 17.5 Å². The van der Waals surface area contributed by atoms with E-state index in [0.29, 0.717) is 0 Å². The standard InChI is InChI=1S/C10H15NO2/c1-2-7-5-8(10(13)6-11)3-4-9(7)12/h3-5,10,12-13H,2,6,11H2,1H3. The van der Waals surface area contributed by atoms with E-state index in [2.05, 4.69) is 0 Å². The van der Waals surface area contributed by atoms with E-state index >= 15 is 0 Å². The summed E-state index contributed by atoms with van der Waals surface area (Å²) in [5, 5.41) is 18.8. The zero-order valence-corrected chi connectivity index (χ0v) is 7.70. The van der Waals surface area contributed by atoms with Crippen molar-refractivity contribution in [2.75, 3.05) is 6.54 Å². The van der Waals surface area contributed by atoms with Crippen molar-refractivity contribution >= 4 is 0 Å². The van der Waals surface area contributed by atoms with Crippen LogP contribution in [0.2, 0.25) is 0 Å². The van der Waals surface area contributed by atoms with Crippen LogP contribution in [0.5, 0.6) is 5.75 Å². The van der Waals surface area contributed by atoms with Crippen molar-refractivity contribution < 1.29 is 10.2 Å². The molecular formula is C10H15NO2. The Morgan fingerprint density at radius 2 is 2.15 bits per heavy atom. The number of phenolic OH excluding ortho intramolecular Hbond substituents is 1. The van der Waals surface area contributed by atoms with E-state index in [1.54, 1.807) is 18.2 Å². The Balaban J connectivity index is 2.99. The molecule has 0 heterocycles. The lowest BCUT2D eigenvalue weighted by Gasteiger charge is -2.10. The van der Waals surface area contributed by atoms with E-state index in [-0.39, 0.29) is 12.3 Å². The third-order valence-corrected chi connectivity index (χ3v) is 2.09. The average Bonchev–Trinajstić information content (AvgIpc) is 2.17. The van der Waals surface area contributed by atoms with E-state index in [1.165, 1.54) is 0 Å². The summed E-state index contributed by atoms with van der Waals surface area (Å²) in [5.74, 6) is 0.274. The predicted molar refractivity (Wildman–Crippen MR) is 51.5 cm³/mol. The van der Waals surface area contributed by atoms with Crippen molar-refractivity contribution in [1.82, 2.24) is 0 Å². The van der Waals surface area contributed by atoms with Crippen LogP contribution in [0.4, 0.5) is 0 Å². The largest absolute Gasteiger partial charge is 0.508 e. The number of nitrogens with two attached hydrogens (primary N) is 1. The maximum Gasteiger partial charge on any atom is 0.118 e. The molecule has 0 saturated carbocycles. The Morgan fingerprint density at radius 3 is 2.69 bits per heavy atom. The minimum absolute atomic E-state index is 0.202. The number of benzene rings is 1. The molecule has 0 spiro atoms. The van der Waals surface area contributed by atoms with Gasteiger partial charge >= 0.3 is 0 Å². The van der Waals surface area contributed by atoms with Gasteiger partial charge in [-0.2, -0.15) is 0 Å². The first-order chi connectivity index (χ1) is 6.19. The minimum atomic E-state index is -0.633. The number of hydrogen-bond donors (Lipinski definition) is 3. The summed E-state index contributed by atoms with van der Waals surface area (Å²) in [6, 6.07) is 5.06. The van der Waals surface area contributed by atoms with Crippen LogP contribution in [0.15, 0.2) is 18.2 Å². The number of phenols is 1. The van der Waals surface area contributed by atoms with Gasteiger partial charge in [-0.25, -0.2) is 0 Å². The highest BCUT2D eigenvalue weighted by atomic mass is 16.3. The van der Waals surface area contributed by atoms with Gasteiger partial charge in [-0.05, 0) is 29.7 Å². The molecule has 1 rings (SSSR count). The molecule has 1 aromatic carbocycles. The summed E-state index contributed by atoms with van der Waals surface area (Å²) in [4.78, 5) is 0. The van der Waals surface area contributed by atoms with Gasteiger partial charge in [-0.1, -0.05) is 13.0 Å². The Bertz CT molecular complexity index is 286. The molecular weight excluding hydrogens is 166 g/mol. The highest BCUT2D eigenvalue weighted by Gasteiger charge is 2.07. The van der Waals surface area contributed by atoms with Gasteiger partial charge in [0.1, 0.15) is 5.75 Å². The Kier molecular flexibility index (Phi) is 3.28. The van der Waals surface area contributed by atoms with Gasteiger partial charge < -0.3 is 15.9 Å². The molecule has 0 aliphatic heterocycles. The molecule has 4 N–H and O–H groups in total. The molecule has 0 bridgehead atoms. The summed E-state index contributed by atoms with van der Waals surface area (Å²) >= 11 is 0. The van der Waals surface area contributed by atoms with Gasteiger partial charge in [-0.3, -0.25) is 0 Å². The van der Waals surface area contributed by atoms with E-state index in [4.69, 9.17) is 5.73 Å². The second-order valence-corrected chi connectivity index (χ2v) is 2.99. The molecule has 13 heavy (non-hydrogen) atoms.